The highest BCUT2D eigenvalue weighted by Gasteiger charge is 2.34. The summed E-state index contributed by atoms with van der Waals surface area (Å²) >= 11 is 1.58. The second-order valence-corrected chi connectivity index (χ2v) is 15.3. The van der Waals surface area contributed by atoms with Crippen molar-refractivity contribution in [3.8, 4) is 17.2 Å². The molecule has 0 heterocycles. The lowest BCUT2D eigenvalue weighted by atomic mass is 9.78. The quantitative estimate of drug-likeness (QED) is 0.111. The molecule has 0 aliphatic rings. The summed E-state index contributed by atoms with van der Waals surface area (Å²) in [6.07, 6.45) is 11.7. The largest absolute Gasteiger partial charge is 0.540 e. The average molecular weight is 593 g/mol. The summed E-state index contributed by atoms with van der Waals surface area (Å²) in [5.41, 5.74) is 1.96. The molecule has 230 valence electrons. The Kier molecular flexibility index (Phi) is 17.6. The Morgan fingerprint density at radius 3 is 1.95 bits per heavy atom. The molecule has 1 rings (SSSR count). The highest BCUT2D eigenvalue weighted by Crippen LogP contribution is 2.50. The molecule has 0 spiro atoms. The standard InChI is InChI=1S/C34H60O4SSi/c1-11-15-16-17-18-20-29(35)39-26(19-12-2)21-24-40-38-28-25-27(36-22-13-3)30(33(5,6)7)32(37-23-14-4)31(28)34(8,9)10/h25-26H,11-24H2,1-10H3. The van der Waals surface area contributed by atoms with Crippen LogP contribution in [0.1, 0.15) is 151 Å². The second kappa shape index (κ2) is 19.1. The Hall–Kier alpha value is -1.14. The lowest BCUT2D eigenvalue weighted by Gasteiger charge is -2.33. The van der Waals surface area contributed by atoms with Gasteiger partial charge in [0.25, 0.3) is 0 Å². The van der Waals surface area contributed by atoms with Crippen LogP contribution in [0.5, 0.6) is 17.2 Å². The van der Waals surface area contributed by atoms with E-state index in [-0.39, 0.29) is 10.8 Å². The molecule has 1 aromatic rings. The van der Waals surface area contributed by atoms with Crippen LogP contribution in [0.3, 0.4) is 0 Å². The maximum atomic E-state index is 12.6. The van der Waals surface area contributed by atoms with Gasteiger partial charge in [0.05, 0.1) is 13.2 Å². The number of benzene rings is 1. The molecular weight excluding hydrogens is 533 g/mol. The van der Waals surface area contributed by atoms with Crippen LogP contribution in [-0.2, 0) is 15.6 Å². The Balaban J connectivity index is 3.10. The maximum absolute atomic E-state index is 12.6. The number of hydrogen-bond donors (Lipinski definition) is 0. The lowest BCUT2D eigenvalue weighted by molar-refractivity contribution is -0.111. The van der Waals surface area contributed by atoms with Crippen LogP contribution in [-0.4, -0.2) is 33.3 Å². The molecule has 0 aliphatic carbocycles. The first-order chi connectivity index (χ1) is 18.9. The van der Waals surface area contributed by atoms with Gasteiger partial charge in [-0.25, -0.2) is 0 Å². The van der Waals surface area contributed by atoms with Crippen LogP contribution in [0, 0.1) is 0 Å². The van der Waals surface area contributed by atoms with Crippen LogP contribution < -0.4 is 13.9 Å². The molecule has 1 atom stereocenters. The summed E-state index contributed by atoms with van der Waals surface area (Å²) in [4.78, 5) is 12.6. The molecule has 0 saturated heterocycles. The third-order valence-electron chi connectivity index (χ3n) is 6.77. The van der Waals surface area contributed by atoms with E-state index >= 15 is 0 Å². The molecule has 0 N–H and O–H groups in total. The molecule has 1 unspecified atom stereocenters. The number of rotatable bonds is 20. The Labute approximate surface area is 254 Å². The van der Waals surface area contributed by atoms with Gasteiger partial charge in [-0.05, 0) is 49.0 Å². The summed E-state index contributed by atoms with van der Waals surface area (Å²) in [6.45, 7) is 23.4. The highest BCUT2D eigenvalue weighted by molar-refractivity contribution is 8.14. The molecule has 6 heteroatoms. The SMILES string of the molecule is CCCCCCCC(=O)SC(CCC)CC[Si]Oc1cc(OCCC)c(C(C)(C)C)c(OCCC)c1C(C)(C)C. The first-order valence-electron chi connectivity index (χ1n) is 16.0. The molecule has 0 amide bonds. The molecule has 0 aliphatic heterocycles. The summed E-state index contributed by atoms with van der Waals surface area (Å²) in [5, 5.41) is 0.740. The van der Waals surface area contributed by atoms with Gasteiger partial charge >= 0.3 is 9.76 Å². The minimum Gasteiger partial charge on any atom is -0.540 e. The third kappa shape index (κ3) is 13.2. The highest BCUT2D eigenvalue weighted by atomic mass is 32.2. The van der Waals surface area contributed by atoms with E-state index in [1.54, 1.807) is 11.8 Å². The van der Waals surface area contributed by atoms with Crippen molar-refractivity contribution < 1.29 is 18.7 Å². The van der Waals surface area contributed by atoms with Crippen molar-refractivity contribution >= 4 is 26.6 Å². The van der Waals surface area contributed by atoms with Crippen molar-refractivity contribution in [1.82, 2.24) is 0 Å². The molecule has 1 aromatic carbocycles. The fraction of sp³-hybridized carbons (Fsp3) is 0.794. The molecule has 0 saturated carbocycles. The van der Waals surface area contributed by atoms with E-state index in [0.717, 1.165) is 72.9 Å². The minimum atomic E-state index is -0.156. The predicted molar refractivity (Wildman–Crippen MR) is 176 cm³/mol. The zero-order chi connectivity index (χ0) is 30.2. The van der Waals surface area contributed by atoms with Crippen LogP contribution in [0.2, 0.25) is 6.04 Å². The van der Waals surface area contributed by atoms with Gasteiger partial charge < -0.3 is 13.9 Å². The van der Waals surface area contributed by atoms with Crippen LogP contribution >= 0.6 is 11.8 Å². The molecule has 2 radical (unpaired) electrons. The van der Waals surface area contributed by atoms with Crippen molar-refractivity contribution in [3.05, 3.63) is 17.2 Å². The zero-order valence-corrected chi connectivity index (χ0v) is 29.4. The van der Waals surface area contributed by atoms with Crippen molar-refractivity contribution in [3.63, 3.8) is 0 Å². The maximum Gasteiger partial charge on any atom is 0.310 e. The van der Waals surface area contributed by atoms with E-state index in [0.29, 0.717) is 39.8 Å². The number of carbonyl (C=O) groups is 1. The normalized spacial score (nSPS) is 12.8. The summed E-state index contributed by atoms with van der Waals surface area (Å²) in [5.74, 6) is 2.68. The average Bonchev–Trinajstić information content (AvgIpc) is 2.86. The van der Waals surface area contributed by atoms with E-state index < -0.39 is 0 Å². The number of ether oxygens (including phenoxy) is 2. The van der Waals surface area contributed by atoms with E-state index in [4.69, 9.17) is 13.9 Å². The van der Waals surface area contributed by atoms with Gasteiger partial charge in [0, 0.05) is 28.9 Å². The van der Waals surface area contributed by atoms with Gasteiger partial charge in [0.15, 0.2) is 5.12 Å². The lowest BCUT2D eigenvalue weighted by Crippen LogP contribution is -2.23. The molecule has 4 nitrogen and oxygen atoms in total. The zero-order valence-electron chi connectivity index (χ0n) is 27.6. The number of thioether (sulfide) groups is 1. The van der Waals surface area contributed by atoms with E-state index in [1.165, 1.54) is 25.7 Å². The predicted octanol–water partition coefficient (Wildman–Crippen LogP) is 10.5. The smallest absolute Gasteiger partial charge is 0.310 e. The van der Waals surface area contributed by atoms with Crippen molar-refractivity contribution in [2.24, 2.45) is 0 Å². The van der Waals surface area contributed by atoms with Crippen LogP contribution in [0.15, 0.2) is 6.07 Å². The van der Waals surface area contributed by atoms with E-state index in [9.17, 15) is 4.79 Å². The van der Waals surface area contributed by atoms with E-state index in [1.807, 2.05) is 0 Å². The van der Waals surface area contributed by atoms with Gasteiger partial charge in [-0.1, -0.05) is 113 Å². The fourth-order valence-corrected chi connectivity index (χ4v) is 7.16. The molecule has 40 heavy (non-hydrogen) atoms. The Bertz CT molecular complexity index is 857. The number of hydrogen-bond acceptors (Lipinski definition) is 5. The van der Waals surface area contributed by atoms with Crippen LogP contribution in [0.25, 0.3) is 0 Å². The molecule has 0 bridgehead atoms. The summed E-state index contributed by atoms with van der Waals surface area (Å²) < 4.78 is 19.4. The molecule has 0 aromatic heterocycles. The van der Waals surface area contributed by atoms with Gasteiger partial charge in [-0.2, -0.15) is 0 Å². The van der Waals surface area contributed by atoms with E-state index in [2.05, 4.69) is 75.3 Å². The second-order valence-electron chi connectivity index (χ2n) is 13.0. The summed E-state index contributed by atoms with van der Waals surface area (Å²) in [6, 6.07) is 3.06. The van der Waals surface area contributed by atoms with Gasteiger partial charge in [-0.15, -0.1) is 0 Å². The summed E-state index contributed by atoms with van der Waals surface area (Å²) in [7, 11) is 0.325. The molecule has 0 fully saturated rings. The Morgan fingerprint density at radius 2 is 1.38 bits per heavy atom. The van der Waals surface area contributed by atoms with Crippen molar-refractivity contribution in [2.75, 3.05) is 13.2 Å². The number of unbranched alkanes of at least 4 members (excludes halogenated alkanes) is 4. The van der Waals surface area contributed by atoms with Crippen LogP contribution in [0.4, 0.5) is 0 Å². The number of carbonyl (C=O) groups excluding carboxylic acids is 1. The van der Waals surface area contributed by atoms with Gasteiger partial charge in [0.1, 0.15) is 17.2 Å². The third-order valence-corrected chi connectivity index (χ3v) is 8.89. The fourth-order valence-electron chi connectivity index (χ4n) is 4.84. The first kappa shape index (κ1) is 36.9. The van der Waals surface area contributed by atoms with Crippen molar-refractivity contribution in [2.45, 2.75) is 162 Å². The minimum absolute atomic E-state index is 0.139. The van der Waals surface area contributed by atoms with Crippen molar-refractivity contribution in [1.29, 1.82) is 0 Å². The first-order valence-corrected chi connectivity index (χ1v) is 18.0. The molecular formula is C34H60O4SSi. The topological polar surface area (TPSA) is 44.8 Å². The monoisotopic (exact) mass is 592 g/mol. The van der Waals surface area contributed by atoms with Gasteiger partial charge in [-0.3, -0.25) is 4.79 Å². The van der Waals surface area contributed by atoms with Gasteiger partial charge in [0.2, 0.25) is 0 Å². The Morgan fingerprint density at radius 1 is 0.775 bits per heavy atom.